The Morgan fingerprint density at radius 2 is 2.19 bits per heavy atom. The number of benzene rings is 1. The Morgan fingerprint density at radius 3 is 2.89 bits per heavy atom. The summed E-state index contributed by atoms with van der Waals surface area (Å²) in [5.41, 5.74) is 0.919. The van der Waals surface area contributed by atoms with Crippen LogP contribution >= 0.6 is 0 Å². The molecule has 0 aliphatic carbocycles. The van der Waals surface area contributed by atoms with Gasteiger partial charge in [-0.25, -0.2) is 4.79 Å². The Balaban J connectivity index is 1.84. The van der Waals surface area contributed by atoms with Crippen molar-refractivity contribution in [1.82, 2.24) is 14.7 Å². The van der Waals surface area contributed by atoms with Crippen LogP contribution in [0.3, 0.4) is 0 Å². The molecule has 0 saturated heterocycles. The number of rotatable bonds is 4. The molecule has 0 radical (unpaired) electrons. The monoisotopic (exact) mass is 374 g/mol. The Morgan fingerprint density at radius 1 is 1.41 bits per heavy atom. The van der Waals surface area contributed by atoms with Crippen molar-refractivity contribution in [2.75, 3.05) is 25.6 Å². The molecule has 8 heteroatoms. The molecule has 0 unspecified atom stereocenters. The van der Waals surface area contributed by atoms with E-state index in [0.717, 1.165) is 17.1 Å². The average Bonchev–Trinajstić information content (AvgIpc) is 2.86. The van der Waals surface area contributed by atoms with E-state index in [0.29, 0.717) is 31.3 Å². The molecule has 1 aromatic carbocycles. The lowest BCUT2D eigenvalue weighted by atomic mass is 10.1. The third-order valence-corrected chi connectivity index (χ3v) is 4.20. The van der Waals surface area contributed by atoms with Crippen molar-refractivity contribution in [2.45, 2.75) is 32.9 Å². The van der Waals surface area contributed by atoms with E-state index in [1.54, 1.807) is 29.9 Å². The number of ether oxygens (including phenoxy) is 3. The minimum atomic E-state index is -0.549. The molecule has 0 fully saturated rings. The minimum absolute atomic E-state index is 0.232. The van der Waals surface area contributed by atoms with Gasteiger partial charge in [0.2, 0.25) is 0 Å². The van der Waals surface area contributed by atoms with Crippen LogP contribution in [0.15, 0.2) is 24.4 Å². The molecule has 0 spiro atoms. The van der Waals surface area contributed by atoms with Gasteiger partial charge in [-0.3, -0.25) is 4.68 Å². The highest BCUT2D eigenvalue weighted by Gasteiger charge is 2.32. The predicted molar refractivity (Wildman–Crippen MR) is 102 cm³/mol. The number of aryl methyl sites for hydroxylation is 1. The van der Waals surface area contributed by atoms with E-state index < -0.39 is 5.60 Å². The molecule has 0 atom stereocenters. The number of urea groups is 1. The minimum Gasteiger partial charge on any atom is -0.497 e. The second-order valence-electron chi connectivity index (χ2n) is 7.08. The van der Waals surface area contributed by atoms with Gasteiger partial charge in [-0.1, -0.05) is 0 Å². The van der Waals surface area contributed by atoms with E-state index in [-0.39, 0.29) is 6.03 Å². The number of aromatic nitrogens is 2. The molecule has 2 heterocycles. The summed E-state index contributed by atoms with van der Waals surface area (Å²) in [6.45, 7) is 7.12. The highest BCUT2D eigenvalue weighted by Crippen LogP contribution is 2.33. The van der Waals surface area contributed by atoms with E-state index in [1.165, 1.54) is 0 Å². The van der Waals surface area contributed by atoms with Crippen LogP contribution in [0.5, 0.6) is 17.4 Å². The first-order valence-electron chi connectivity index (χ1n) is 8.89. The van der Waals surface area contributed by atoms with Crippen LogP contribution in [0, 0.1) is 0 Å². The van der Waals surface area contributed by atoms with Gasteiger partial charge in [-0.15, -0.1) is 5.10 Å². The second kappa shape index (κ2) is 7.38. The van der Waals surface area contributed by atoms with Gasteiger partial charge < -0.3 is 24.4 Å². The number of anilines is 1. The molecule has 0 bridgehead atoms. The van der Waals surface area contributed by atoms with Crippen LogP contribution in [-0.2, 0) is 13.6 Å². The first kappa shape index (κ1) is 18.9. The Labute approximate surface area is 159 Å². The number of amides is 2. The Hall–Kier alpha value is -2.90. The van der Waals surface area contributed by atoms with Gasteiger partial charge in [0, 0.05) is 18.7 Å². The number of nitrogens with zero attached hydrogens (tertiary/aromatic N) is 3. The Kier molecular flexibility index (Phi) is 5.16. The molecule has 1 aliphatic heterocycles. The van der Waals surface area contributed by atoms with Crippen molar-refractivity contribution in [1.29, 1.82) is 0 Å². The van der Waals surface area contributed by atoms with Crippen LogP contribution in [0.2, 0.25) is 0 Å². The smallest absolute Gasteiger partial charge is 0.322 e. The van der Waals surface area contributed by atoms with Gasteiger partial charge >= 0.3 is 6.03 Å². The summed E-state index contributed by atoms with van der Waals surface area (Å²) < 4.78 is 18.5. The van der Waals surface area contributed by atoms with Gasteiger partial charge in [-0.05, 0) is 32.9 Å². The maximum absolute atomic E-state index is 12.9. The third kappa shape index (κ3) is 4.27. The highest BCUT2D eigenvalue weighted by molar-refractivity contribution is 5.90. The summed E-state index contributed by atoms with van der Waals surface area (Å²) in [5, 5.41) is 7.13. The maximum Gasteiger partial charge on any atom is 0.322 e. The lowest BCUT2D eigenvalue weighted by Crippen LogP contribution is -2.44. The molecular formula is C19H26N4O4. The van der Waals surface area contributed by atoms with E-state index in [2.05, 4.69) is 10.4 Å². The van der Waals surface area contributed by atoms with Crippen molar-refractivity contribution in [2.24, 2.45) is 7.05 Å². The molecule has 2 aromatic rings. The van der Waals surface area contributed by atoms with Crippen molar-refractivity contribution in [3.63, 3.8) is 0 Å². The fraction of sp³-hybridized carbons (Fsp3) is 0.474. The highest BCUT2D eigenvalue weighted by atomic mass is 16.5. The lowest BCUT2D eigenvalue weighted by molar-refractivity contribution is 0.0833. The molecular weight excluding hydrogens is 348 g/mol. The number of methoxy groups -OCH3 is 1. The lowest BCUT2D eigenvalue weighted by Gasteiger charge is -2.29. The van der Waals surface area contributed by atoms with Crippen molar-refractivity contribution in [3.8, 4) is 17.4 Å². The number of carbonyl (C=O) groups is 1. The third-order valence-electron chi connectivity index (χ3n) is 4.20. The Bertz CT molecular complexity index is 831. The van der Waals surface area contributed by atoms with E-state index in [1.807, 2.05) is 39.0 Å². The number of hydrogen-bond donors (Lipinski definition) is 1. The molecule has 2 amide bonds. The van der Waals surface area contributed by atoms with Crippen LogP contribution in [-0.4, -0.2) is 46.6 Å². The summed E-state index contributed by atoms with van der Waals surface area (Å²) in [7, 11) is 3.40. The van der Waals surface area contributed by atoms with Crippen LogP contribution in [0.4, 0.5) is 10.5 Å². The van der Waals surface area contributed by atoms with E-state index >= 15 is 0 Å². The van der Waals surface area contributed by atoms with Crippen LogP contribution in [0.25, 0.3) is 0 Å². The molecule has 0 saturated carbocycles. The molecule has 8 nitrogen and oxygen atoms in total. The van der Waals surface area contributed by atoms with Gasteiger partial charge in [0.25, 0.3) is 5.88 Å². The van der Waals surface area contributed by atoms with E-state index in [9.17, 15) is 4.79 Å². The molecule has 1 N–H and O–H groups in total. The van der Waals surface area contributed by atoms with Crippen LogP contribution in [0.1, 0.15) is 26.3 Å². The van der Waals surface area contributed by atoms with Crippen LogP contribution < -0.4 is 19.5 Å². The first-order chi connectivity index (χ1) is 12.8. The zero-order valence-electron chi connectivity index (χ0n) is 16.4. The van der Waals surface area contributed by atoms with Gasteiger partial charge in [0.1, 0.15) is 22.8 Å². The molecule has 27 heavy (non-hydrogen) atoms. The summed E-state index contributed by atoms with van der Waals surface area (Å²) in [4.78, 5) is 14.7. The first-order valence-corrected chi connectivity index (χ1v) is 8.89. The van der Waals surface area contributed by atoms with Crippen molar-refractivity contribution < 1.29 is 19.0 Å². The summed E-state index contributed by atoms with van der Waals surface area (Å²) in [6, 6.07) is 5.41. The normalized spacial score (nSPS) is 15.4. The second-order valence-corrected chi connectivity index (χ2v) is 7.08. The van der Waals surface area contributed by atoms with Gasteiger partial charge in [-0.2, -0.15) is 0 Å². The van der Waals surface area contributed by atoms with Crippen molar-refractivity contribution >= 4 is 11.7 Å². The topological polar surface area (TPSA) is 77.9 Å². The standard InChI is InChI=1S/C19H26N4O4/c1-6-26-17-15(11-22(4)21-17)20-18(24)23-10-13-7-8-14(25-5)9-16(13)27-19(2,3)12-23/h7-9,11H,6,10,12H2,1-5H3,(H,20,24). The fourth-order valence-corrected chi connectivity index (χ4v) is 3.07. The maximum atomic E-state index is 12.9. The summed E-state index contributed by atoms with van der Waals surface area (Å²) >= 11 is 0. The largest absolute Gasteiger partial charge is 0.497 e. The molecule has 1 aromatic heterocycles. The number of hydrogen-bond acceptors (Lipinski definition) is 5. The zero-order valence-corrected chi connectivity index (χ0v) is 16.4. The molecule has 3 rings (SSSR count). The zero-order chi connectivity index (χ0) is 19.6. The van der Waals surface area contributed by atoms with E-state index in [4.69, 9.17) is 14.2 Å². The van der Waals surface area contributed by atoms with Gasteiger partial charge in [0.15, 0.2) is 0 Å². The fourth-order valence-electron chi connectivity index (χ4n) is 3.07. The molecule has 146 valence electrons. The quantitative estimate of drug-likeness (QED) is 0.890. The summed E-state index contributed by atoms with van der Waals surface area (Å²) in [6.07, 6.45) is 1.72. The number of nitrogens with one attached hydrogen (secondary N) is 1. The number of fused-ring (bicyclic) bond motifs is 1. The predicted octanol–water partition coefficient (Wildman–Crippen LogP) is 3.03. The van der Waals surface area contributed by atoms with Crippen molar-refractivity contribution in [3.05, 3.63) is 30.0 Å². The molecule has 1 aliphatic rings. The number of carbonyl (C=O) groups excluding carboxylic acids is 1. The van der Waals surface area contributed by atoms with Gasteiger partial charge in [0.05, 0.1) is 33.0 Å². The average molecular weight is 374 g/mol. The summed E-state index contributed by atoms with van der Waals surface area (Å²) in [5.74, 6) is 1.86. The SMILES string of the molecule is CCOc1nn(C)cc1NC(=O)N1Cc2ccc(OC)cc2OC(C)(C)C1.